The first kappa shape index (κ1) is 17.4. The van der Waals surface area contributed by atoms with Crippen LogP contribution in [0.1, 0.15) is 5.56 Å². The van der Waals surface area contributed by atoms with Gasteiger partial charge in [-0.25, -0.2) is 0 Å². The van der Waals surface area contributed by atoms with Crippen LogP contribution in [-0.4, -0.2) is 47.9 Å². The zero-order valence-corrected chi connectivity index (χ0v) is 15.9. The van der Waals surface area contributed by atoms with Gasteiger partial charge in [-0.05, 0) is 36.0 Å². The van der Waals surface area contributed by atoms with Crippen LogP contribution in [0.25, 0.3) is 0 Å². The maximum absolute atomic E-state index is 6.27. The van der Waals surface area contributed by atoms with Crippen molar-refractivity contribution in [1.82, 2.24) is 9.80 Å². The Morgan fingerprint density at radius 1 is 1.04 bits per heavy atom. The number of rotatable bonds is 3. The molecule has 1 N–H and O–H groups in total. The van der Waals surface area contributed by atoms with Crippen LogP contribution >= 0.6 is 23.8 Å². The molecular formula is C19H20ClN3O2S. The number of nitrogens with zero attached hydrogens (tertiary/aromatic N) is 2. The van der Waals surface area contributed by atoms with E-state index in [4.69, 9.17) is 33.3 Å². The van der Waals surface area contributed by atoms with Gasteiger partial charge in [-0.1, -0.05) is 29.8 Å². The van der Waals surface area contributed by atoms with Crippen LogP contribution in [-0.2, 0) is 6.54 Å². The zero-order chi connectivity index (χ0) is 17.9. The Morgan fingerprint density at radius 3 is 2.62 bits per heavy atom. The number of hydrogen-bond acceptors (Lipinski definition) is 4. The molecule has 0 radical (unpaired) electrons. The summed E-state index contributed by atoms with van der Waals surface area (Å²) in [4.78, 5) is 4.60. The molecule has 2 heterocycles. The first-order valence-corrected chi connectivity index (χ1v) is 9.39. The minimum atomic E-state index is 0.274. The Morgan fingerprint density at radius 2 is 1.81 bits per heavy atom. The van der Waals surface area contributed by atoms with Gasteiger partial charge in [0.05, 0.1) is 0 Å². The maximum Gasteiger partial charge on any atom is 0.231 e. The van der Waals surface area contributed by atoms with Crippen LogP contribution in [0.2, 0.25) is 5.02 Å². The van der Waals surface area contributed by atoms with E-state index < -0.39 is 0 Å². The second-order valence-electron chi connectivity index (χ2n) is 6.35. The highest BCUT2D eigenvalue weighted by molar-refractivity contribution is 7.80. The van der Waals surface area contributed by atoms with E-state index in [1.807, 2.05) is 36.4 Å². The summed E-state index contributed by atoms with van der Waals surface area (Å²) in [5.41, 5.74) is 2.08. The lowest BCUT2D eigenvalue weighted by Crippen LogP contribution is -2.49. The Labute approximate surface area is 163 Å². The average molecular weight is 390 g/mol. The van der Waals surface area contributed by atoms with Crippen molar-refractivity contribution in [2.75, 3.05) is 38.3 Å². The summed E-state index contributed by atoms with van der Waals surface area (Å²) in [5.74, 6) is 1.53. The fourth-order valence-corrected chi connectivity index (χ4v) is 3.65. The summed E-state index contributed by atoms with van der Waals surface area (Å²) in [7, 11) is 0. The number of benzene rings is 2. The third-order valence-corrected chi connectivity index (χ3v) is 5.36. The highest BCUT2D eigenvalue weighted by Gasteiger charge is 2.20. The molecule has 0 bridgehead atoms. The summed E-state index contributed by atoms with van der Waals surface area (Å²) >= 11 is 11.8. The lowest BCUT2D eigenvalue weighted by atomic mass is 10.2. The number of halogens is 1. The van der Waals surface area contributed by atoms with Crippen LogP contribution in [0.3, 0.4) is 0 Å². The van der Waals surface area contributed by atoms with Crippen molar-refractivity contribution < 1.29 is 9.47 Å². The topological polar surface area (TPSA) is 37.0 Å². The van der Waals surface area contributed by atoms with E-state index in [-0.39, 0.29) is 6.79 Å². The molecule has 136 valence electrons. The van der Waals surface area contributed by atoms with Gasteiger partial charge in [0.2, 0.25) is 6.79 Å². The Kier molecular flexibility index (Phi) is 5.15. The Bertz CT molecular complexity index is 809. The first-order chi connectivity index (χ1) is 12.7. The molecule has 5 nitrogen and oxygen atoms in total. The van der Waals surface area contributed by atoms with Crippen molar-refractivity contribution in [3.8, 4) is 11.5 Å². The summed E-state index contributed by atoms with van der Waals surface area (Å²) in [6.45, 7) is 4.83. The minimum Gasteiger partial charge on any atom is -0.454 e. The van der Waals surface area contributed by atoms with Gasteiger partial charge in [0.15, 0.2) is 16.6 Å². The van der Waals surface area contributed by atoms with E-state index in [2.05, 4.69) is 21.2 Å². The molecule has 1 fully saturated rings. The highest BCUT2D eigenvalue weighted by atomic mass is 35.5. The fraction of sp³-hybridized carbons (Fsp3) is 0.316. The van der Waals surface area contributed by atoms with Crippen molar-refractivity contribution in [1.29, 1.82) is 0 Å². The van der Waals surface area contributed by atoms with Gasteiger partial charge in [0.25, 0.3) is 0 Å². The van der Waals surface area contributed by atoms with Crippen LogP contribution in [0.5, 0.6) is 11.5 Å². The summed E-state index contributed by atoms with van der Waals surface area (Å²) in [6.07, 6.45) is 0. The molecule has 4 rings (SSSR count). The number of anilines is 1. The molecule has 2 aliphatic rings. The first-order valence-electron chi connectivity index (χ1n) is 8.60. The van der Waals surface area contributed by atoms with Crippen molar-refractivity contribution in [2.24, 2.45) is 0 Å². The van der Waals surface area contributed by atoms with Crippen LogP contribution in [0.4, 0.5) is 5.69 Å². The molecule has 0 aromatic heterocycles. The molecule has 26 heavy (non-hydrogen) atoms. The molecule has 0 spiro atoms. The highest BCUT2D eigenvalue weighted by Crippen LogP contribution is 2.34. The number of hydrogen-bond donors (Lipinski definition) is 1. The molecule has 1 saturated heterocycles. The molecule has 0 amide bonds. The molecular weight excluding hydrogens is 370 g/mol. The second kappa shape index (κ2) is 7.70. The standard InChI is InChI=1S/C19H20ClN3O2S/c20-16-4-2-1-3-14(16)12-22-7-9-23(10-8-22)19(26)21-15-5-6-17-18(11-15)25-13-24-17/h1-6,11H,7-10,12-13H2,(H,21,26). The van der Waals surface area contributed by atoms with E-state index in [0.29, 0.717) is 0 Å². The monoisotopic (exact) mass is 389 g/mol. The molecule has 7 heteroatoms. The van der Waals surface area contributed by atoms with Gasteiger partial charge in [0, 0.05) is 49.5 Å². The van der Waals surface area contributed by atoms with Crippen LogP contribution in [0, 0.1) is 0 Å². The lowest BCUT2D eigenvalue weighted by molar-refractivity contribution is 0.174. The van der Waals surface area contributed by atoms with Gasteiger partial charge < -0.3 is 19.7 Å². The molecule has 2 aromatic carbocycles. The van der Waals surface area contributed by atoms with Gasteiger partial charge in [-0.3, -0.25) is 4.90 Å². The average Bonchev–Trinajstić information content (AvgIpc) is 3.12. The fourth-order valence-electron chi connectivity index (χ4n) is 3.15. The van der Waals surface area contributed by atoms with Gasteiger partial charge in [0.1, 0.15) is 0 Å². The van der Waals surface area contributed by atoms with E-state index in [0.717, 1.165) is 60.0 Å². The predicted molar refractivity (Wildman–Crippen MR) is 107 cm³/mol. The zero-order valence-electron chi connectivity index (χ0n) is 14.3. The number of nitrogens with one attached hydrogen (secondary N) is 1. The smallest absolute Gasteiger partial charge is 0.231 e. The van der Waals surface area contributed by atoms with Crippen molar-refractivity contribution in [3.63, 3.8) is 0 Å². The molecule has 2 aromatic rings. The molecule has 0 aliphatic carbocycles. The number of thiocarbonyl (C=S) groups is 1. The molecule has 0 unspecified atom stereocenters. The quantitative estimate of drug-likeness (QED) is 0.809. The maximum atomic E-state index is 6.27. The van der Waals surface area contributed by atoms with Crippen LogP contribution < -0.4 is 14.8 Å². The second-order valence-corrected chi connectivity index (χ2v) is 7.15. The third-order valence-electron chi connectivity index (χ3n) is 4.64. The predicted octanol–water partition coefficient (Wildman–Crippen LogP) is 3.58. The number of ether oxygens (including phenoxy) is 2. The SMILES string of the molecule is S=C(Nc1ccc2c(c1)OCO2)N1CCN(Cc2ccccc2Cl)CC1. The van der Waals surface area contributed by atoms with E-state index in [9.17, 15) is 0 Å². The Hall–Kier alpha value is -2.02. The summed E-state index contributed by atoms with van der Waals surface area (Å²) in [6, 6.07) is 13.8. The Balaban J connectivity index is 1.30. The van der Waals surface area contributed by atoms with E-state index in [1.165, 1.54) is 5.56 Å². The molecule has 0 saturated carbocycles. The van der Waals surface area contributed by atoms with E-state index in [1.54, 1.807) is 0 Å². The number of fused-ring (bicyclic) bond motifs is 1. The van der Waals surface area contributed by atoms with Crippen molar-refractivity contribution in [2.45, 2.75) is 6.54 Å². The lowest BCUT2D eigenvalue weighted by Gasteiger charge is -2.36. The molecule has 0 atom stereocenters. The third kappa shape index (κ3) is 3.87. The van der Waals surface area contributed by atoms with Gasteiger partial charge >= 0.3 is 0 Å². The van der Waals surface area contributed by atoms with E-state index >= 15 is 0 Å². The van der Waals surface area contributed by atoms with Crippen molar-refractivity contribution >= 4 is 34.6 Å². The number of piperazine rings is 1. The normalized spacial score (nSPS) is 16.6. The van der Waals surface area contributed by atoms with Gasteiger partial charge in [-0.15, -0.1) is 0 Å². The van der Waals surface area contributed by atoms with Gasteiger partial charge in [-0.2, -0.15) is 0 Å². The van der Waals surface area contributed by atoms with Crippen molar-refractivity contribution in [3.05, 3.63) is 53.1 Å². The van der Waals surface area contributed by atoms with Crippen LogP contribution in [0.15, 0.2) is 42.5 Å². The summed E-state index contributed by atoms with van der Waals surface area (Å²) < 4.78 is 10.7. The minimum absolute atomic E-state index is 0.274. The largest absolute Gasteiger partial charge is 0.454 e. The molecule has 2 aliphatic heterocycles. The summed E-state index contributed by atoms with van der Waals surface area (Å²) in [5, 5.41) is 4.86.